The van der Waals surface area contributed by atoms with Crippen LogP contribution in [0.15, 0.2) is 36.4 Å². The maximum atomic E-state index is 13.4. The van der Waals surface area contributed by atoms with Crippen molar-refractivity contribution in [3.8, 4) is 22.6 Å². The van der Waals surface area contributed by atoms with Gasteiger partial charge in [0.15, 0.2) is 5.78 Å². The lowest BCUT2D eigenvalue weighted by Crippen LogP contribution is -2.46. The van der Waals surface area contributed by atoms with Crippen LogP contribution in [0.3, 0.4) is 0 Å². The summed E-state index contributed by atoms with van der Waals surface area (Å²) in [7, 11) is 6.21. The average Bonchev–Trinajstić information content (AvgIpc) is 3.71. The molecule has 8 heteroatoms. The van der Waals surface area contributed by atoms with Gasteiger partial charge in [0.2, 0.25) is 5.91 Å². The molecule has 1 amide bonds. The Bertz CT molecular complexity index is 1130. The topological polar surface area (TPSA) is 103 Å². The van der Waals surface area contributed by atoms with Crippen LogP contribution < -0.4 is 20.1 Å². The molecule has 3 atom stereocenters. The number of ketones is 1. The number of fused-ring (bicyclic) bond motifs is 5. The van der Waals surface area contributed by atoms with Crippen molar-refractivity contribution < 1.29 is 28.6 Å². The van der Waals surface area contributed by atoms with Gasteiger partial charge < -0.3 is 24.8 Å². The number of likely N-dealkylation sites (N-methyl/N-ethyl adjacent to an activating group) is 1. The molecule has 186 valence electrons. The molecule has 0 unspecified atom stereocenters. The molecule has 1 aliphatic heterocycles. The fourth-order valence-corrected chi connectivity index (χ4v) is 4.88. The fraction of sp³-hybridized carbons (Fsp3) is 0.444. The minimum absolute atomic E-state index is 0.0805. The SMILES string of the molecule is CN[C@@H]1C(=O)C[C@@H](C2CC2)C(=O)N[C@H](C(=O)OC)Cc2ccc(OC)c(c2)-c2cc1ccc2OC. The standard InChI is InChI=1S/C27H32N2O6/c1-28-25-17-8-10-24(34-3)20(13-17)19-11-15(5-9-23(19)33-2)12-21(27(32)35-4)29-26(31)18(14-22(25)30)16-6-7-16/h5,8-11,13,16,18,21,25,28H,6-7,12,14H2,1-4H3,(H,29,31)/t18-,21-,25-/m0/s1. The molecule has 1 aliphatic carbocycles. The van der Waals surface area contributed by atoms with Crippen LogP contribution >= 0.6 is 0 Å². The van der Waals surface area contributed by atoms with Gasteiger partial charge in [0.05, 0.1) is 27.4 Å². The summed E-state index contributed by atoms with van der Waals surface area (Å²) in [5.41, 5.74) is 3.13. The highest BCUT2D eigenvalue weighted by Crippen LogP contribution is 2.41. The van der Waals surface area contributed by atoms with Crippen LogP contribution in [0.2, 0.25) is 0 Å². The van der Waals surface area contributed by atoms with Gasteiger partial charge >= 0.3 is 5.97 Å². The van der Waals surface area contributed by atoms with E-state index in [1.165, 1.54) is 7.11 Å². The molecule has 1 heterocycles. The Labute approximate surface area is 205 Å². The molecular formula is C27H32N2O6. The minimum Gasteiger partial charge on any atom is -0.496 e. The molecule has 35 heavy (non-hydrogen) atoms. The largest absolute Gasteiger partial charge is 0.496 e. The van der Waals surface area contributed by atoms with E-state index in [4.69, 9.17) is 14.2 Å². The van der Waals surface area contributed by atoms with E-state index in [2.05, 4.69) is 10.6 Å². The van der Waals surface area contributed by atoms with Gasteiger partial charge in [-0.3, -0.25) is 9.59 Å². The number of amides is 1. The van der Waals surface area contributed by atoms with E-state index in [0.29, 0.717) is 11.5 Å². The number of carbonyl (C=O) groups excluding carboxylic acids is 3. The number of benzene rings is 2. The van der Waals surface area contributed by atoms with E-state index in [1.54, 1.807) is 21.3 Å². The van der Waals surface area contributed by atoms with Crippen LogP contribution in [0, 0.1) is 11.8 Å². The summed E-state index contributed by atoms with van der Waals surface area (Å²) in [6, 6.07) is 9.77. The molecule has 1 fully saturated rings. The predicted octanol–water partition coefficient (Wildman–Crippen LogP) is 2.83. The van der Waals surface area contributed by atoms with Gasteiger partial charge in [-0.15, -0.1) is 0 Å². The van der Waals surface area contributed by atoms with Gasteiger partial charge in [0.1, 0.15) is 17.5 Å². The molecule has 1 saturated carbocycles. The van der Waals surface area contributed by atoms with Gasteiger partial charge in [0, 0.05) is 29.9 Å². The number of esters is 1. The van der Waals surface area contributed by atoms with E-state index >= 15 is 0 Å². The lowest BCUT2D eigenvalue weighted by molar-refractivity contribution is -0.145. The maximum Gasteiger partial charge on any atom is 0.328 e. The molecule has 0 spiro atoms. The Morgan fingerprint density at radius 2 is 1.60 bits per heavy atom. The molecule has 0 saturated heterocycles. The molecule has 4 bridgehead atoms. The Hall–Kier alpha value is -3.39. The third-order valence-corrected chi connectivity index (χ3v) is 6.91. The third-order valence-electron chi connectivity index (χ3n) is 6.91. The Morgan fingerprint density at radius 1 is 0.943 bits per heavy atom. The normalized spacial score (nSPS) is 22.6. The summed E-state index contributed by atoms with van der Waals surface area (Å²) >= 11 is 0. The van der Waals surface area contributed by atoms with E-state index in [9.17, 15) is 14.4 Å². The summed E-state index contributed by atoms with van der Waals surface area (Å²) in [4.78, 5) is 39.3. The highest BCUT2D eigenvalue weighted by molar-refractivity contribution is 5.93. The first kappa shape index (κ1) is 24.7. The van der Waals surface area contributed by atoms with Gasteiger partial charge in [-0.2, -0.15) is 0 Å². The van der Waals surface area contributed by atoms with Gasteiger partial charge in [-0.25, -0.2) is 4.79 Å². The molecule has 0 radical (unpaired) electrons. The van der Waals surface area contributed by atoms with Crippen LogP contribution in [0.4, 0.5) is 0 Å². The summed E-state index contributed by atoms with van der Waals surface area (Å²) in [6.07, 6.45) is 2.12. The van der Waals surface area contributed by atoms with E-state index in [-0.39, 0.29) is 30.4 Å². The van der Waals surface area contributed by atoms with E-state index < -0.39 is 24.0 Å². The Balaban J connectivity index is 1.89. The lowest BCUT2D eigenvalue weighted by atomic mass is 9.88. The molecular weight excluding hydrogens is 448 g/mol. The lowest BCUT2D eigenvalue weighted by Gasteiger charge is -2.25. The van der Waals surface area contributed by atoms with Gasteiger partial charge in [0.25, 0.3) is 0 Å². The molecule has 2 N–H and O–H groups in total. The molecule has 2 aromatic carbocycles. The first-order valence-electron chi connectivity index (χ1n) is 11.8. The zero-order chi connectivity index (χ0) is 25.1. The number of hydrogen-bond acceptors (Lipinski definition) is 7. The zero-order valence-electron chi connectivity index (χ0n) is 20.6. The maximum absolute atomic E-state index is 13.4. The number of ether oxygens (including phenoxy) is 3. The molecule has 2 aliphatic rings. The van der Waals surface area contributed by atoms with Crippen molar-refractivity contribution in [2.24, 2.45) is 11.8 Å². The number of nitrogens with one attached hydrogen (secondary N) is 2. The first-order valence-corrected chi connectivity index (χ1v) is 11.8. The number of hydrogen-bond donors (Lipinski definition) is 2. The van der Waals surface area contributed by atoms with Crippen LogP contribution in [0.5, 0.6) is 11.5 Å². The number of rotatable bonds is 5. The van der Waals surface area contributed by atoms with Crippen LogP contribution in [0.1, 0.15) is 36.4 Å². The van der Waals surface area contributed by atoms with Crippen molar-refractivity contribution in [2.75, 3.05) is 28.4 Å². The van der Waals surface area contributed by atoms with Crippen molar-refractivity contribution in [3.05, 3.63) is 47.5 Å². The van der Waals surface area contributed by atoms with Crippen LogP contribution in [0.25, 0.3) is 11.1 Å². The predicted molar refractivity (Wildman–Crippen MR) is 130 cm³/mol. The van der Waals surface area contributed by atoms with Crippen molar-refractivity contribution in [1.82, 2.24) is 10.6 Å². The Morgan fingerprint density at radius 3 is 2.20 bits per heavy atom. The summed E-state index contributed by atoms with van der Waals surface area (Å²) < 4.78 is 16.3. The number of methoxy groups -OCH3 is 3. The Kier molecular flexibility index (Phi) is 7.40. The zero-order valence-corrected chi connectivity index (χ0v) is 20.6. The molecule has 4 rings (SSSR count). The third kappa shape index (κ3) is 5.17. The first-order chi connectivity index (χ1) is 16.9. The summed E-state index contributed by atoms with van der Waals surface area (Å²) in [6.45, 7) is 0. The molecule has 8 nitrogen and oxygen atoms in total. The molecule has 2 aromatic rings. The van der Waals surface area contributed by atoms with Crippen molar-refractivity contribution in [2.45, 2.75) is 37.8 Å². The fourth-order valence-electron chi connectivity index (χ4n) is 4.88. The van der Waals surface area contributed by atoms with E-state index in [0.717, 1.165) is 35.1 Å². The van der Waals surface area contributed by atoms with Crippen LogP contribution in [-0.4, -0.2) is 52.1 Å². The second-order valence-electron chi connectivity index (χ2n) is 9.12. The van der Waals surface area contributed by atoms with Crippen molar-refractivity contribution in [3.63, 3.8) is 0 Å². The summed E-state index contributed by atoms with van der Waals surface area (Å²) in [5.74, 6) is 0.00867. The smallest absolute Gasteiger partial charge is 0.328 e. The molecule has 0 aromatic heterocycles. The summed E-state index contributed by atoms with van der Waals surface area (Å²) in [5, 5.41) is 5.99. The second kappa shape index (κ2) is 10.5. The monoisotopic (exact) mass is 480 g/mol. The quantitative estimate of drug-likeness (QED) is 0.635. The number of carbonyl (C=O) groups is 3. The minimum atomic E-state index is -0.874. The van der Waals surface area contributed by atoms with Crippen LogP contribution in [-0.2, 0) is 25.5 Å². The van der Waals surface area contributed by atoms with Gasteiger partial charge in [-0.1, -0.05) is 12.1 Å². The number of Topliss-reactive ketones (excluding diaryl/α,β-unsaturated/α-hetero) is 1. The van der Waals surface area contributed by atoms with Crippen molar-refractivity contribution >= 4 is 17.7 Å². The van der Waals surface area contributed by atoms with E-state index in [1.807, 2.05) is 36.4 Å². The second-order valence-corrected chi connectivity index (χ2v) is 9.12. The van der Waals surface area contributed by atoms with Gasteiger partial charge in [-0.05, 0) is 61.2 Å². The highest BCUT2D eigenvalue weighted by Gasteiger charge is 2.40. The highest BCUT2D eigenvalue weighted by atomic mass is 16.5. The van der Waals surface area contributed by atoms with Crippen molar-refractivity contribution in [1.29, 1.82) is 0 Å². The average molecular weight is 481 g/mol.